The zero-order valence-corrected chi connectivity index (χ0v) is 11.6. The molecule has 0 amide bonds. The SMILES string of the molecule is CCC1(C)CC(N[C@H](C)c2ccccn2)CCO1. The first-order valence-corrected chi connectivity index (χ1v) is 6.94. The van der Waals surface area contributed by atoms with E-state index in [4.69, 9.17) is 4.74 Å². The van der Waals surface area contributed by atoms with Gasteiger partial charge in [-0.3, -0.25) is 4.98 Å². The van der Waals surface area contributed by atoms with Gasteiger partial charge in [-0.05, 0) is 45.2 Å². The lowest BCUT2D eigenvalue weighted by Gasteiger charge is -2.39. The lowest BCUT2D eigenvalue weighted by Crippen LogP contribution is -2.45. The second kappa shape index (κ2) is 5.81. The van der Waals surface area contributed by atoms with Crippen molar-refractivity contribution in [2.75, 3.05) is 6.61 Å². The Balaban J connectivity index is 1.93. The molecule has 0 radical (unpaired) electrons. The summed E-state index contributed by atoms with van der Waals surface area (Å²) in [6, 6.07) is 6.91. The van der Waals surface area contributed by atoms with Gasteiger partial charge in [-0.1, -0.05) is 13.0 Å². The minimum Gasteiger partial charge on any atom is -0.375 e. The molecule has 1 aliphatic heterocycles. The molecule has 1 fully saturated rings. The van der Waals surface area contributed by atoms with E-state index < -0.39 is 0 Å². The van der Waals surface area contributed by atoms with Crippen molar-refractivity contribution in [2.24, 2.45) is 0 Å². The molecule has 0 bridgehead atoms. The third-order valence-electron chi connectivity index (χ3n) is 3.96. The summed E-state index contributed by atoms with van der Waals surface area (Å²) >= 11 is 0. The molecule has 18 heavy (non-hydrogen) atoms. The maximum Gasteiger partial charge on any atom is 0.0666 e. The van der Waals surface area contributed by atoms with Gasteiger partial charge in [0, 0.05) is 24.9 Å². The molecule has 0 saturated carbocycles. The lowest BCUT2D eigenvalue weighted by molar-refractivity contribution is -0.0790. The molecule has 0 aliphatic carbocycles. The van der Waals surface area contributed by atoms with Crippen LogP contribution in [0, 0.1) is 0 Å². The zero-order valence-electron chi connectivity index (χ0n) is 11.6. The van der Waals surface area contributed by atoms with Crippen LogP contribution in [-0.4, -0.2) is 23.2 Å². The number of aromatic nitrogens is 1. The van der Waals surface area contributed by atoms with Crippen LogP contribution in [0.4, 0.5) is 0 Å². The van der Waals surface area contributed by atoms with Crippen molar-refractivity contribution >= 4 is 0 Å². The third kappa shape index (κ3) is 3.30. The van der Waals surface area contributed by atoms with E-state index in [-0.39, 0.29) is 5.60 Å². The van der Waals surface area contributed by atoms with Gasteiger partial charge in [0.25, 0.3) is 0 Å². The van der Waals surface area contributed by atoms with Crippen molar-refractivity contribution in [1.29, 1.82) is 0 Å². The first-order valence-electron chi connectivity index (χ1n) is 6.94. The maximum absolute atomic E-state index is 5.88. The van der Waals surface area contributed by atoms with Crippen molar-refractivity contribution in [1.82, 2.24) is 10.3 Å². The highest BCUT2D eigenvalue weighted by Gasteiger charge is 2.32. The fourth-order valence-electron chi connectivity index (χ4n) is 2.59. The largest absolute Gasteiger partial charge is 0.375 e. The second-order valence-corrected chi connectivity index (χ2v) is 5.48. The van der Waals surface area contributed by atoms with Crippen molar-refractivity contribution in [3.05, 3.63) is 30.1 Å². The number of rotatable bonds is 4. The average Bonchev–Trinajstić information content (AvgIpc) is 2.40. The smallest absolute Gasteiger partial charge is 0.0666 e. The standard InChI is InChI=1S/C15H24N2O/c1-4-15(3)11-13(8-10-18-15)17-12(2)14-7-5-6-9-16-14/h5-7,9,12-13,17H,4,8,10-11H2,1-3H3/t12-,13?,15?/m1/s1. The first kappa shape index (κ1) is 13.5. The zero-order chi connectivity index (χ0) is 13.0. The second-order valence-electron chi connectivity index (χ2n) is 5.48. The van der Waals surface area contributed by atoms with E-state index in [1.54, 1.807) is 0 Å². The molecule has 3 nitrogen and oxygen atoms in total. The summed E-state index contributed by atoms with van der Waals surface area (Å²) in [5.41, 5.74) is 1.15. The predicted molar refractivity (Wildman–Crippen MR) is 73.5 cm³/mol. The highest BCUT2D eigenvalue weighted by atomic mass is 16.5. The Labute approximate surface area is 110 Å². The van der Waals surface area contributed by atoms with Gasteiger partial charge >= 0.3 is 0 Å². The molecule has 1 N–H and O–H groups in total. The highest BCUT2D eigenvalue weighted by Crippen LogP contribution is 2.28. The van der Waals surface area contributed by atoms with Gasteiger partial charge in [-0.2, -0.15) is 0 Å². The van der Waals surface area contributed by atoms with E-state index in [1.807, 2.05) is 18.3 Å². The number of nitrogens with zero attached hydrogens (tertiary/aromatic N) is 1. The number of hydrogen-bond donors (Lipinski definition) is 1. The van der Waals surface area contributed by atoms with Crippen LogP contribution < -0.4 is 5.32 Å². The summed E-state index contributed by atoms with van der Waals surface area (Å²) in [5, 5.41) is 3.68. The summed E-state index contributed by atoms with van der Waals surface area (Å²) in [6.45, 7) is 7.45. The fourth-order valence-corrected chi connectivity index (χ4v) is 2.59. The molecular weight excluding hydrogens is 224 g/mol. The summed E-state index contributed by atoms with van der Waals surface area (Å²) < 4.78 is 5.88. The summed E-state index contributed by atoms with van der Waals surface area (Å²) in [6.07, 6.45) is 5.10. The predicted octanol–water partition coefficient (Wildman–Crippen LogP) is 3.08. The first-order chi connectivity index (χ1) is 8.63. The van der Waals surface area contributed by atoms with Gasteiger partial charge in [0.05, 0.1) is 11.3 Å². The van der Waals surface area contributed by atoms with E-state index in [0.29, 0.717) is 12.1 Å². The van der Waals surface area contributed by atoms with Crippen LogP contribution in [0.15, 0.2) is 24.4 Å². The Hall–Kier alpha value is -0.930. The van der Waals surface area contributed by atoms with E-state index >= 15 is 0 Å². The molecule has 0 aromatic carbocycles. The summed E-state index contributed by atoms with van der Waals surface area (Å²) in [4.78, 5) is 4.41. The molecule has 3 heteroatoms. The molecule has 100 valence electrons. The number of ether oxygens (including phenoxy) is 1. The summed E-state index contributed by atoms with van der Waals surface area (Å²) in [5.74, 6) is 0. The van der Waals surface area contributed by atoms with Gasteiger partial charge in [-0.25, -0.2) is 0 Å². The Bertz CT molecular complexity index is 368. The van der Waals surface area contributed by atoms with E-state index in [0.717, 1.165) is 31.6 Å². The molecule has 1 aromatic heterocycles. The number of nitrogens with one attached hydrogen (secondary N) is 1. The van der Waals surface area contributed by atoms with Crippen molar-refractivity contribution in [2.45, 2.75) is 57.7 Å². The lowest BCUT2D eigenvalue weighted by atomic mass is 9.89. The molecular formula is C15H24N2O. The maximum atomic E-state index is 5.88. The van der Waals surface area contributed by atoms with Crippen LogP contribution in [0.25, 0.3) is 0 Å². The van der Waals surface area contributed by atoms with Gasteiger partial charge in [0.2, 0.25) is 0 Å². The Kier molecular flexibility index (Phi) is 4.36. The van der Waals surface area contributed by atoms with E-state index in [9.17, 15) is 0 Å². The van der Waals surface area contributed by atoms with Crippen LogP contribution in [0.5, 0.6) is 0 Å². The average molecular weight is 248 g/mol. The van der Waals surface area contributed by atoms with Crippen molar-refractivity contribution in [3.63, 3.8) is 0 Å². The van der Waals surface area contributed by atoms with Crippen LogP contribution in [0.1, 0.15) is 51.8 Å². The quantitative estimate of drug-likeness (QED) is 0.889. The molecule has 2 heterocycles. The topological polar surface area (TPSA) is 34.2 Å². The minimum absolute atomic E-state index is 0.0414. The monoisotopic (exact) mass is 248 g/mol. The number of hydrogen-bond acceptors (Lipinski definition) is 3. The normalized spacial score (nSPS) is 30.1. The summed E-state index contributed by atoms with van der Waals surface area (Å²) in [7, 11) is 0. The molecule has 1 saturated heterocycles. The molecule has 2 rings (SSSR count). The van der Waals surface area contributed by atoms with Crippen LogP contribution in [-0.2, 0) is 4.74 Å². The Morgan fingerprint density at radius 2 is 2.39 bits per heavy atom. The van der Waals surface area contributed by atoms with E-state index in [1.165, 1.54) is 0 Å². The van der Waals surface area contributed by atoms with Crippen molar-refractivity contribution < 1.29 is 4.74 Å². The van der Waals surface area contributed by atoms with Crippen molar-refractivity contribution in [3.8, 4) is 0 Å². The van der Waals surface area contributed by atoms with E-state index in [2.05, 4.69) is 37.1 Å². The minimum atomic E-state index is 0.0414. The third-order valence-corrected chi connectivity index (χ3v) is 3.96. The van der Waals surface area contributed by atoms with Gasteiger partial charge < -0.3 is 10.1 Å². The molecule has 1 aliphatic rings. The highest BCUT2D eigenvalue weighted by molar-refractivity contribution is 5.08. The molecule has 1 aromatic rings. The van der Waals surface area contributed by atoms with Gasteiger partial charge in [0.1, 0.15) is 0 Å². The fraction of sp³-hybridized carbons (Fsp3) is 0.667. The Morgan fingerprint density at radius 3 is 3.06 bits per heavy atom. The van der Waals surface area contributed by atoms with Gasteiger partial charge in [0.15, 0.2) is 0 Å². The molecule has 3 atom stereocenters. The molecule has 2 unspecified atom stereocenters. The Morgan fingerprint density at radius 1 is 1.56 bits per heavy atom. The molecule has 0 spiro atoms. The van der Waals surface area contributed by atoms with Crippen LogP contribution in [0.2, 0.25) is 0 Å². The number of pyridine rings is 1. The van der Waals surface area contributed by atoms with Gasteiger partial charge in [-0.15, -0.1) is 0 Å². The van der Waals surface area contributed by atoms with Crippen LogP contribution in [0.3, 0.4) is 0 Å². The van der Waals surface area contributed by atoms with Crippen LogP contribution >= 0.6 is 0 Å².